The highest BCUT2D eigenvalue weighted by molar-refractivity contribution is 7.92. The second-order valence-electron chi connectivity index (χ2n) is 8.54. The maximum atomic E-state index is 13.5. The van der Waals surface area contributed by atoms with Crippen molar-refractivity contribution in [1.82, 2.24) is 9.99 Å². The van der Waals surface area contributed by atoms with E-state index in [9.17, 15) is 17.6 Å². The largest absolute Gasteiger partial charge is 0.318 e. The van der Waals surface area contributed by atoms with E-state index in [4.69, 9.17) is 0 Å². The van der Waals surface area contributed by atoms with Crippen molar-refractivity contribution in [1.29, 1.82) is 0 Å². The van der Waals surface area contributed by atoms with E-state index in [0.29, 0.717) is 0 Å². The molecular weight excluding hydrogens is 491 g/mol. The number of aromatic nitrogens is 1. The Bertz CT molecular complexity index is 1550. The maximum absolute atomic E-state index is 13.5. The molecule has 0 unspecified atom stereocenters. The third-order valence-corrected chi connectivity index (χ3v) is 7.74. The Hall–Kier alpha value is -4.24. The summed E-state index contributed by atoms with van der Waals surface area (Å²) >= 11 is 0. The Morgan fingerprint density at radius 1 is 0.973 bits per heavy atom. The molecule has 1 amide bonds. The summed E-state index contributed by atoms with van der Waals surface area (Å²) in [6.45, 7) is 5.46. The average molecular weight is 519 g/mol. The van der Waals surface area contributed by atoms with Crippen molar-refractivity contribution in [3.8, 4) is 5.69 Å². The number of halogens is 1. The maximum Gasteiger partial charge on any atom is 0.264 e. The molecule has 4 rings (SSSR count). The number of hydrogen-bond acceptors (Lipinski definition) is 4. The first-order valence-corrected chi connectivity index (χ1v) is 13.0. The van der Waals surface area contributed by atoms with E-state index in [1.54, 1.807) is 18.2 Å². The highest BCUT2D eigenvalue weighted by Crippen LogP contribution is 2.24. The number of hydrazone groups is 1. The van der Waals surface area contributed by atoms with Gasteiger partial charge in [-0.1, -0.05) is 36.4 Å². The number of aryl methyl sites for hydroxylation is 2. The van der Waals surface area contributed by atoms with E-state index >= 15 is 0 Å². The van der Waals surface area contributed by atoms with Gasteiger partial charge in [-0.15, -0.1) is 0 Å². The van der Waals surface area contributed by atoms with Crippen LogP contribution < -0.4 is 9.73 Å². The third-order valence-electron chi connectivity index (χ3n) is 5.95. The molecule has 0 aliphatic carbocycles. The Kier molecular flexibility index (Phi) is 7.54. The van der Waals surface area contributed by atoms with Gasteiger partial charge in [0.05, 0.1) is 16.8 Å². The molecule has 7 nitrogen and oxygen atoms in total. The molecule has 0 radical (unpaired) electrons. The van der Waals surface area contributed by atoms with Gasteiger partial charge in [0.1, 0.15) is 12.4 Å². The zero-order chi connectivity index (χ0) is 26.6. The summed E-state index contributed by atoms with van der Waals surface area (Å²) in [5, 5.41) is 4.07. The number of para-hydroxylation sites is 1. The Morgan fingerprint density at radius 2 is 1.62 bits per heavy atom. The number of hydrogen-bond donors (Lipinski definition) is 1. The van der Waals surface area contributed by atoms with E-state index in [2.05, 4.69) is 15.1 Å². The van der Waals surface area contributed by atoms with Crippen LogP contribution >= 0.6 is 0 Å². The van der Waals surface area contributed by atoms with Crippen LogP contribution in [0.4, 0.5) is 10.1 Å². The van der Waals surface area contributed by atoms with Crippen molar-refractivity contribution in [3.63, 3.8) is 0 Å². The van der Waals surface area contributed by atoms with Crippen molar-refractivity contribution in [3.05, 3.63) is 113 Å². The van der Waals surface area contributed by atoms with Crippen molar-refractivity contribution < 1.29 is 17.6 Å². The first-order chi connectivity index (χ1) is 17.7. The summed E-state index contributed by atoms with van der Waals surface area (Å²) in [4.78, 5) is 12.8. The molecule has 0 atom stereocenters. The first-order valence-electron chi connectivity index (χ1n) is 11.6. The van der Waals surface area contributed by atoms with E-state index in [1.165, 1.54) is 30.5 Å². The minimum absolute atomic E-state index is 0.0132. The second kappa shape index (κ2) is 10.8. The molecule has 0 fully saturated rings. The molecular formula is C28H27FN4O3S. The number of anilines is 1. The minimum Gasteiger partial charge on any atom is -0.318 e. The van der Waals surface area contributed by atoms with Crippen LogP contribution in [0, 0.1) is 26.6 Å². The summed E-state index contributed by atoms with van der Waals surface area (Å²) < 4.78 is 43.1. The predicted molar refractivity (Wildman–Crippen MR) is 143 cm³/mol. The lowest BCUT2D eigenvalue weighted by molar-refractivity contribution is -0.119. The number of nitrogens with one attached hydrogen (secondary N) is 1. The molecule has 0 aliphatic rings. The zero-order valence-corrected chi connectivity index (χ0v) is 21.5. The Labute approximate surface area is 215 Å². The van der Waals surface area contributed by atoms with Crippen LogP contribution in [0.15, 0.2) is 94.9 Å². The van der Waals surface area contributed by atoms with Crippen LogP contribution in [0.5, 0.6) is 0 Å². The van der Waals surface area contributed by atoms with Gasteiger partial charge in [0, 0.05) is 22.6 Å². The molecule has 0 saturated heterocycles. The van der Waals surface area contributed by atoms with E-state index in [0.717, 1.165) is 44.6 Å². The zero-order valence-electron chi connectivity index (χ0n) is 20.7. The van der Waals surface area contributed by atoms with Crippen molar-refractivity contribution >= 4 is 27.8 Å². The lowest BCUT2D eigenvalue weighted by Crippen LogP contribution is -2.39. The van der Waals surface area contributed by atoms with Gasteiger partial charge < -0.3 is 4.57 Å². The quantitative estimate of drug-likeness (QED) is 0.266. The Morgan fingerprint density at radius 3 is 2.30 bits per heavy atom. The van der Waals surface area contributed by atoms with Gasteiger partial charge in [-0.25, -0.2) is 18.2 Å². The number of amides is 1. The molecule has 0 aliphatic heterocycles. The molecule has 0 saturated carbocycles. The lowest BCUT2D eigenvalue weighted by atomic mass is 10.2. The van der Waals surface area contributed by atoms with E-state index in [1.807, 2.05) is 51.1 Å². The van der Waals surface area contributed by atoms with Gasteiger partial charge in [-0.3, -0.25) is 9.10 Å². The van der Waals surface area contributed by atoms with Crippen molar-refractivity contribution in [2.75, 3.05) is 10.8 Å². The van der Waals surface area contributed by atoms with Crippen LogP contribution in [0.25, 0.3) is 5.69 Å². The third kappa shape index (κ3) is 5.62. The van der Waals surface area contributed by atoms with Crippen molar-refractivity contribution in [2.45, 2.75) is 25.7 Å². The van der Waals surface area contributed by atoms with Gasteiger partial charge in [0.2, 0.25) is 0 Å². The summed E-state index contributed by atoms with van der Waals surface area (Å²) in [6.07, 6.45) is 1.53. The van der Waals surface area contributed by atoms with Gasteiger partial charge in [0.15, 0.2) is 0 Å². The molecule has 0 bridgehead atoms. The summed E-state index contributed by atoms with van der Waals surface area (Å²) in [7, 11) is -4.09. The summed E-state index contributed by atoms with van der Waals surface area (Å²) in [6, 6.07) is 22.7. The molecule has 1 N–H and O–H groups in total. The second-order valence-corrected chi connectivity index (χ2v) is 10.4. The van der Waals surface area contributed by atoms with Crippen molar-refractivity contribution in [2.24, 2.45) is 5.10 Å². The lowest BCUT2D eigenvalue weighted by Gasteiger charge is -2.23. The van der Waals surface area contributed by atoms with Crippen LogP contribution in [0.3, 0.4) is 0 Å². The smallest absolute Gasteiger partial charge is 0.264 e. The normalized spacial score (nSPS) is 11.6. The molecule has 190 valence electrons. The molecule has 1 heterocycles. The number of nitrogens with zero attached hydrogens (tertiary/aromatic N) is 3. The Balaban J connectivity index is 1.55. The van der Waals surface area contributed by atoms with Crippen LogP contribution in [-0.2, 0) is 14.8 Å². The average Bonchev–Trinajstić information content (AvgIpc) is 3.16. The van der Waals surface area contributed by atoms with Crippen LogP contribution in [0.2, 0.25) is 0 Å². The number of carbonyl (C=O) groups excluding carboxylic acids is 1. The standard InChI is InChI=1S/C28H27FN4O3S/c1-20-9-7-8-12-27(20)33-21(2)17-23(22(33)3)18-30-31-28(34)19-32(25-15-13-24(29)14-16-25)37(35,36)26-10-5-4-6-11-26/h4-18H,19H2,1-3H3,(H,31,34)/b30-18+. The molecule has 37 heavy (non-hydrogen) atoms. The van der Waals surface area contributed by atoms with E-state index < -0.39 is 28.3 Å². The highest BCUT2D eigenvalue weighted by Gasteiger charge is 2.27. The minimum atomic E-state index is -4.09. The number of carbonyl (C=O) groups is 1. The van der Waals surface area contributed by atoms with Crippen LogP contribution in [0.1, 0.15) is 22.5 Å². The van der Waals surface area contributed by atoms with Gasteiger partial charge in [0.25, 0.3) is 15.9 Å². The number of rotatable bonds is 8. The first kappa shape index (κ1) is 25.8. The molecule has 0 spiro atoms. The summed E-state index contributed by atoms with van der Waals surface area (Å²) in [5.41, 5.74) is 7.53. The highest BCUT2D eigenvalue weighted by atomic mass is 32.2. The van der Waals surface area contributed by atoms with Gasteiger partial charge in [-0.2, -0.15) is 5.10 Å². The molecule has 1 aromatic heterocycles. The van der Waals surface area contributed by atoms with Gasteiger partial charge in [-0.05, 0) is 74.9 Å². The number of sulfonamides is 1. The van der Waals surface area contributed by atoms with E-state index in [-0.39, 0.29) is 10.6 Å². The fourth-order valence-corrected chi connectivity index (χ4v) is 5.53. The number of benzene rings is 3. The van der Waals surface area contributed by atoms with Crippen LogP contribution in [-0.4, -0.2) is 31.7 Å². The summed E-state index contributed by atoms with van der Waals surface area (Å²) in [5.74, 6) is -1.16. The fourth-order valence-electron chi connectivity index (χ4n) is 4.09. The molecule has 9 heteroatoms. The molecule has 4 aromatic rings. The van der Waals surface area contributed by atoms with Gasteiger partial charge >= 0.3 is 0 Å². The fraction of sp³-hybridized carbons (Fsp3) is 0.143. The molecule has 3 aromatic carbocycles. The predicted octanol–water partition coefficient (Wildman–Crippen LogP) is 4.89. The monoisotopic (exact) mass is 518 g/mol. The SMILES string of the molecule is Cc1ccccc1-n1c(C)cc(/C=N/NC(=O)CN(c2ccc(F)cc2)S(=O)(=O)c2ccccc2)c1C. The topological polar surface area (TPSA) is 83.8 Å².